The summed E-state index contributed by atoms with van der Waals surface area (Å²) in [5.41, 5.74) is 0.904. The number of hydrogen-bond acceptors (Lipinski definition) is 4. The molecule has 0 aliphatic heterocycles. The summed E-state index contributed by atoms with van der Waals surface area (Å²) in [6.45, 7) is 0.320. The molecule has 2 heterocycles. The molecule has 0 fully saturated rings. The van der Waals surface area contributed by atoms with Crippen molar-refractivity contribution in [3.8, 4) is 18.1 Å². The molecule has 0 N–H and O–H groups in total. The molecule has 1 aromatic carbocycles. The number of furan rings is 1. The number of nitrogens with zero attached hydrogens (tertiary/aromatic N) is 2. The summed E-state index contributed by atoms with van der Waals surface area (Å²) in [6.07, 6.45) is 5.44. The lowest BCUT2D eigenvalue weighted by molar-refractivity contribution is 0.0970. The van der Waals surface area contributed by atoms with Crippen LogP contribution in [0.25, 0.3) is 10.2 Å². The summed E-state index contributed by atoms with van der Waals surface area (Å²) in [7, 11) is 1.61. The molecule has 0 bridgehead atoms. The van der Waals surface area contributed by atoms with Crippen LogP contribution in [0.4, 0.5) is 0 Å². The monoisotopic (exact) mass is 390 g/mol. The van der Waals surface area contributed by atoms with Gasteiger partial charge in [-0.15, -0.1) is 6.42 Å². The van der Waals surface area contributed by atoms with E-state index in [0.717, 1.165) is 16.0 Å². The molecule has 0 atom stereocenters. The van der Waals surface area contributed by atoms with Gasteiger partial charge in [0.2, 0.25) is 0 Å². The average Bonchev–Trinajstić information content (AvgIpc) is 3.11. The molecule has 3 aromatic rings. The van der Waals surface area contributed by atoms with Gasteiger partial charge in [0.15, 0.2) is 15.2 Å². The number of hydrogen-bond donors (Lipinski definition) is 0. The Morgan fingerprint density at radius 2 is 2.30 bits per heavy atom. The summed E-state index contributed by atoms with van der Waals surface area (Å²) < 4.78 is 13.7. The van der Waals surface area contributed by atoms with Crippen LogP contribution in [0, 0.1) is 12.3 Å². The fourth-order valence-electron chi connectivity index (χ4n) is 2.08. The van der Waals surface area contributed by atoms with E-state index in [0.29, 0.717) is 16.0 Å². The zero-order chi connectivity index (χ0) is 16.4. The predicted octanol–water partition coefficient (Wildman–Crippen LogP) is 3.44. The Labute approximate surface area is 144 Å². The van der Waals surface area contributed by atoms with Crippen LogP contribution < -0.4 is 9.54 Å². The van der Waals surface area contributed by atoms with E-state index in [4.69, 9.17) is 15.6 Å². The Hall–Kier alpha value is -2.30. The molecule has 2 aromatic heterocycles. The van der Waals surface area contributed by atoms with E-state index >= 15 is 0 Å². The number of methoxy groups -OCH3 is 1. The zero-order valence-electron chi connectivity index (χ0n) is 12.1. The third kappa shape index (κ3) is 3.09. The molecule has 0 unspecified atom stereocenters. The van der Waals surface area contributed by atoms with Crippen LogP contribution in [-0.4, -0.2) is 17.6 Å². The molecule has 0 saturated carbocycles. The van der Waals surface area contributed by atoms with E-state index in [1.807, 2.05) is 22.8 Å². The first-order chi connectivity index (χ1) is 11.1. The molecule has 7 heteroatoms. The van der Waals surface area contributed by atoms with Gasteiger partial charge in [-0.2, -0.15) is 4.99 Å². The van der Waals surface area contributed by atoms with Gasteiger partial charge < -0.3 is 13.7 Å². The van der Waals surface area contributed by atoms with Gasteiger partial charge in [-0.3, -0.25) is 4.79 Å². The predicted molar refractivity (Wildman–Crippen MR) is 91.5 cm³/mol. The second-order valence-corrected chi connectivity index (χ2v) is 6.32. The van der Waals surface area contributed by atoms with Crippen molar-refractivity contribution in [2.75, 3.05) is 7.11 Å². The Balaban J connectivity index is 2.15. The van der Waals surface area contributed by atoms with Crippen LogP contribution in [0.5, 0.6) is 5.75 Å². The summed E-state index contributed by atoms with van der Waals surface area (Å²) in [5.74, 6) is 3.03. The van der Waals surface area contributed by atoms with Gasteiger partial charge in [0, 0.05) is 0 Å². The van der Waals surface area contributed by atoms with Crippen molar-refractivity contribution in [2.24, 2.45) is 4.99 Å². The van der Waals surface area contributed by atoms with Gasteiger partial charge >= 0.3 is 5.91 Å². The normalized spacial score (nSPS) is 11.6. The minimum atomic E-state index is -0.458. The SMILES string of the molecule is C#CCn1c(=NC(=O)c2ccc(Br)o2)sc2cc(OC)ccc21. The average molecular weight is 391 g/mol. The Bertz CT molecular complexity index is 991. The zero-order valence-corrected chi connectivity index (χ0v) is 14.5. The second kappa shape index (κ2) is 6.44. The molecular weight excluding hydrogens is 380 g/mol. The topological polar surface area (TPSA) is 56.7 Å². The maximum Gasteiger partial charge on any atom is 0.315 e. The molecule has 1 amide bonds. The highest BCUT2D eigenvalue weighted by molar-refractivity contribution is 9.10. The summed E-state index contributed by atoms with van der Waals surface area (Å²) in [5, 5.41) is 0. The first kappa shape index (κ1) is 15.6. The number of halogens is 1. The number of ether oxygens (including phenoxy) is 1. The van der Waals surface area contributed by atoms with Crippen LogP contribution in [0.3, 0.4) is 0 Å². The van der Waals surface area contributed by atoms with Crippen LogP contribution in [0.15, 0.2) is 44.4 Å². The van der Waals surface area contributed by atoms with E-state index in [-0.39, 0.29) is 5.76 Å². The highest BCUT2D eigenvalue weighted by Crippen LogP contribution is 2.23. The molecular formula is C16H11BrN2O3S. The highest BCUT2D eigenvalue weighted by atomic mass is 79.9. The van der Waals surface area contributed by atoms with E-state index < -0.39 is 5.91 Å². The van der Waals surface area contributed by atoms with E-state index in [1.165, 1.54) is 11.3 Å². The molecule has 116 valence electrons. The number of fused-ring (bicyclic) bond motifs is 1. The van der Waals surface area contributed by atoms with Crippen molar-refractivity contribution in [3.63, 3.8) is 0 Å². The molecule has 0 aliphatic carbocycles. The molecule has 0 saturated heterocycles. The molecule has 23 heavy (non-hydrogen) atoms. The lowest BCUT2D eigenvalue weighted by Crippen LogP contribution is -2.16. The minimum absolute atomic E-state index is 0.166. The lowest BCUT2D eigenvalue weighted by Gasteiger charge is -2.01. The Morgan fingerprint density at radius 1 is 1.48 bits per heavy atom. The third-order valence-corrected chi connectivity index (χ3v) is 4.59. The van der Waals surface area contributed by atoms with Gasteiger partial charge in [0.1, 0.15) is 5.75 Å². The van der Waals surface area contributed by atoms with Crippen molar-refractivity contribution in [2.45, 2.75) is 6.54 Å². The summed E-state index contributed by atoms with van der Waals surface area (Å²) >= 11 is 4.54. The quantitative estimate of drug-likeness (QED) is 0.643. The maximum absolute atomic E-state index is 12.2. The van der Waals surface area contributed by atoms with Crippen molar-refractivity contribution in [3.05, 3.63) is 45.6 Å². The van der Waals surface area contributed by atoms with Crippen molar-refractivity contribution in [1.82, 2.24) is 4.57 Å². The van der Waals surface area contributed by atoms with Gasteiger partial charge in [0.05, 0.1) is 23.9 Å². The van der Waals surface area contributed by atoms with E-state index in [2.05, 4.69) is 26.8 Å². The maximum atomic E-state index is 12.2. The molecule has 0 aliphatic rings. The molecule has 3 rings (SSSR count). The number of carbonyl (C=O) groups excluding carboxylic acids is 1. The summed E-state index contributed by atoms with van der Waals surface area (Å²) in [6, 6.07) is 8.85. The van der Waals surface area contributed by atoms with E-state index in [1.54, 1.807) is 19.2 Å². The first-order valence-corrected chi connectivity index (χ1v) is 8.18. The standard InChI is InChI=1S/C16H11BrN2O3S/c1-3-8-19-11-5-4-10(21-2)9-13(11)23-16(19)18-15(20)12-6-7-14(17)22-12/h1,4-7,9H,8H2,2H3. The number of thiazole rings is 1. The molecule has 0 radical (unpaired) electrons. The van der Waals surface area contributed by atoms with Gasteiger partial charge in [-0.1, -0.05) is 17.3 Å². The number of benzene rings is 1. The van der Waals surface area contributed by atoms with Gasteiger partial charge in [0.25, 0.3) is 0 Å². The van der Waals surface area contributed by atoms with Gasteiger partial charge in [-0.05, 0) is 46.3 Å². The Morgan fingerprint density at radius 3 is 2.96 bits per heavy atom. The summed E-state index contributed by atoms with van der Waals surface area (Å²) in [4.78, 5) is 16.9. The lowest BCUT2D eigenvalue weighted by atomic mass is 10.3. The molecule has 5 nitrogen and oxygen atoms in total. The van der Waals surface area contributed by atoms with Crippen LogP contribution >= 0.6 is 27.3 Å². The van der Waals surface area contributed by atoms with Gasteiger partial charge in [-0.25, -0.2) is 0 Å². The number of terminal acetylenes is 1. The largest absolute Gasteiger partial charge is 0.497 e. The first-order valence-electron chi connectivity index (χ1n) is 6.57. The van der Waals surface area contributed by atoms with Crippen molar-refractivity contribution >= 4 is 43.4 Å². The smallest absolute Gasteiger partial charge is 0.315 e. The van der Waals surface area contributed by atoms with Crippen molar-refractivity contribution in [1.29, 1.82) is 0 Å². The van der Waals surface area contributed by atoms with Crippen LogP contribution in [-0.2, 0) is 6.54 Å². The Kier molecular flexibility index (Phi) is 4.37. The number of carbonyl (C=O) groups is 1. The van der Waals surface area contributed by atoms with Crippen LogP contribution in [0.2, 0.25) is 0 Å². The highest BCUT2D eigenvalue weighted by Gasteiger charge is 2.12. The molecule has 0 spiro atoms. The number of rotatable bonds is 3. The minimum Gasteiger partial charge on any atom is -0.497 e. The fourth-order valence-corrected chi connectivity index (χ4v) is 3.44. The second-order valence-electron chi connectivity index (χ2n) is 4.53. The van der Waals surface area contributed by atoms with Crippen LogP contribution in [0.1, 0.15) is 10.6 Å². The van der Waals surface area contributed by atoms with Crippen molar-refractivity contribution < 1.29 is 13.9 Å². The van der Waals surface area contributed by atoms with E-state index in [9.17, 15) is 4.79 Å². The number of aromatic nitrogens is 1. The third-order valence-electron chi connectivity index (χ3n) is 3.12. The number of amides is 1. The fraction of sp³-hybridized carbons (Fsp3) is 0.125.